The predicted molar refractivity (Wildman–Crippen MR) is 79.6 cm³/mol. The largest absolute Gasteiger partial charge is 0.504 e. The van der Waals surface area contributed by atoms with Crippen LogP contribution in [0.5, 0.6) is 11.5 Å². The summed E-state index contributed by atoms with van der Waals surface area (Å²) < 4.78 is 29.7. The minimum atomic E-state index is -3.53. The molecule has 0 fully saturated rings. The molecule has 0 spiro atoms. The average molecular weight is 303 g/mol. The molecule has 21 heavy (non-hydrogen) atoms. The van der Waals surface area contributed by atoms with Gasteiger partial charge in [-0.3, -0.25) is 0 Å². The maximum Gasteiger partial charge on any atom is 0.202 e. The Balaban J connectivity index is 1.92. The number of rotatable bonds is 3. The van der Waals surface area contributed by atoms with Crippen molar-refractivity contribution in [2.45, 2.75) is 4.90 Å². The molecule has 0 unspecified atom stereocenters. The number of hydrogen-bond donors (Lipinski definition) is 2. The average Bonchev–Trinajstić information content (AvgIpc) is 2.70. The number of aromatic hydroxyl groups is 1. The van der Waals surface area contributed by atoms with Crippen LogP contribution in [-0.2, 0) is 9.84 Å². The molecule has 3 rings (SSSR count). The minimum absolute atomic E-state index is 0.00625. The molecule has 5 nitrogen and oxygen atoms in total. The van der Waals surface area contributed by atoms with Crippen LogP contribution in [-0.4, -0.2) is 20.1 Å². The summed E-state index contributed by atoms with van der Waals surface area (Å²) in [5, 5.41) is 10.8. The van der Waals surface area contributed by atoms with Gasteiger partial charge < -0.3 is 15.6 Å². The summed E-state index contributed by atoms with van der Waals surface area (Å²) in [7, 11) is -3.53. The lowest BCUT2D eigenvalue weighted by atomic mass is 10.1. The van der Waals surface area contributed by atoms with Gasteiger partial charge in [0.05, 0.1) is 5.69 Å². The summed E-state index contributed by atoms with van der Waals surface area (Å²) >= 11 is 0. The third-order valence-corrected chi connectivity index (χ3v) is 4.84. The third kappa shape index (κ3) is 2.34. The fourth-order valence-corrected chi connectivity index (χ4v) is 3.87. The van der Waals surface area contributed by atoms with Crippen LogP contribution in [0.2, 0.25) is 0 Å². The van der Waals surface area contributed by atoms with E-state index in [0.29, 0.717) is 16.9 Å². The summed E-state index contributed by atoms with van der Waals surface area (Å²) in [6.07, 6.45) is 0. The molecule has 2 aromatic rings. The lowest BCUT2D eigenvalue weighted by molar-refractivity contribution is 0.341. The molecule has 0 bridgehead atoms. The highest BCUT2D eigenvalue weighted by Crippen LogP contribution is 2.37. The van der Waals surface area contributed by atoms with Crippen LogP contribution in [0.15, 0.2) is 52.8 Å². The molecule has 6 heteroatoms. The van der Waals surface area contributed by atoms with Crippen molar-refractivity contribution in [1.82, 2.24) is 0 Å². The normalized spacial score (nSPS) is 15.3. The lowest BCUT2D eigenvalue weighted by Crippen LogP contribution is -2.01. The Hall–Kier alpha value is -2.47. The molecule has 3 N–H and O–H groups in total. The first-order valence-electron chi connectivity index (χ1n) is 6.24. The van der Waals surface area contributed by atoms with Gasteiger partial charge in [0.25, 0.3) is 0 Å². The molecule has 0 saturated heterocycles. The van der Waals surface area contributed by atoms with Gasteiger partial charge in [-0.15, -0.1) is 0 Å². The zero-order valence-corrected chi connectivity index (χ0v) is 11.8. The molecule has 0 atom stereocenters. The van der Waals surface area contributed by atoms with Gasteiger partial charge in [0, 0.05) is 16.5 Å². The zero-order chi connectivity index (χ0) is 15.0. The number of anilines is 1. The third-order valence-electron chi connectivity index (χ3n) is 3.22. The second-order valence-electron chi connectivity index (χ2n) is 4.67. The standard InChI is InChI=1S/C15H13NO4S/c16-12-5-3-4-11-10(9-21(18,19)15(11)12)8-20-14-7-2-1-6-13(14)17/h1-7,9,17H,8,16H2. The van der Waals surface area contributed by atoms with Crippen molar-refractivity contribution in [3.63, 3.8) is 0 Å². The highest BCUT2D eigenvalue weighted by atomic mass is 32.2. The second kappa shape index (κ2) is 4.82. The van der Waals surface area contributed by atoms with Crippen LogP contribution in [0.4, 0.5) is 5.69 Å². The van der Waals surface area contributed by atoms with Gasteiger partial charge in [-0.2, -0.15) is 0 Å². The van der Waals surface area contributed by atoms with Crippen molar-refractivity contribution in [2.75, 3.05) is 12.3 Å². The Morgan fingerprint density at radius 2 is 1.86 bits per heavy atom. The number of fused-ring (bicyclic) bond motifs is 1. The van der Waals surface area contributed by atoms with Crippen LogP contribution in [0.1, 0.15) is 5.56 Å². The number of hydrogen-bond acceptors (Lipinski definition) is 5. The number of nitrogens with two attached hydrogens (primary N) is 1. The van der Waals surface area contributed by atoms with Crippen molar-refractivity contribution < 1.29 is 18.3 Å². The van der Waals surface area contributed by atoms with Crippen LogP contribution in [0, 0.1) is 0 Å². The van der Waals surface area contributed by atoms with Crippen LogP contribution in [0.25, 0.3) is 5.57 Å². The van der Waals surface area contributed by atoms with Crippen LogP contribution in [0.3, 0.4) is 0 Å². The first-order valence-corrected chi connectivity index (χ1v) is 7.79. The highest BCUT2D eigenvalue weighted by molar-refractivity contribution is 7.95. The first kappa shape index (κ1) is 13.5. The SMILES string of the molecule is Nc1cccc2c1S(=O)(=O)C=C2COc1ccccc1O. The predicted octanol–water partition coefficient (Wildman–Crippen LogP) is 2.18. The van der Waals surface area contributed by atoms with Crippen molar-refractivity contribution in [3.05, 3.63) is 53.4 Å². The molecule has 0 amide bonds. The first-order chi connectivity index (χ1) is 9.99. The Morgan fingerprint density at radius 3 is 2.62 bits per heavy atom. The van der Waals surface area contributed by atoms with Gasteiger partial charge in [-0.1, -0.05) is 24.3 Å². The van der Waals surface area contributed by atoms with Crippen LogP contribution >= 0.6 is 0 Å². The van der Waals surface area contributed by atoms with Gasteiger partial charge in [-0.05, 0) is 18.2 Å². The van der Waals surface area contributed by atoms with Crippen molar-refractivity contribution in [1.29, 1.82) is 0 Å². The minimum Gasteiger partial charge on any atom is -0.504 e. The van der Waals surface area contributed by atoms with E-state index >= 15 is 0 Å². The highest BCUT2D eigenvalue weighted by Gasteiger charge is 2.29. The van der Waals surface area contributed by atoms with Crippen LogP contribution < -0.4 is 10.5 Å². The molecule has 1 aliphatic rings. The van der Waals surface area contributed by atoms with E-state index in [1.54, 1.807) is 36.4 Å². The lowest BCUT2D eigenvalue weighted by Gasteiger charge is -2.09. The smallest absolute Gasteiger partial charge is 0.202 e. The number of para-hydroxylation sites is 2. The van der Waals surface area contributed by atoms with E-state index in [2.05, 4.69) is 0 Å². The number of phenols is 1. The zero-order valence-electron chi connectivity index (χ0n) is 11.0. The quantitative estimate of drug-likeness (QED) is 0.848. The molecule has 1 aliphatic heterocycles. The fraction of sp³-hybridized carbons (Fsp3) is 0.0667. The molecule has 108 valence electrons. The van der Waals surface area contributed by atoms with E-state index in [1.165, 1.54) is 6.07 Å². The molecule has 0 aliphatic carbocycles. The monoisotopic (exact) mass is 303 g/mol. The summed E-state index contributed by atoms with van der Waals surface area (Å²) in [6, 6.07) is 11.5. The molecule has 1 heterocycles. The summed E-state index contributed by atoms with van der Waals surface area (Å²) in [5.41, 5.74) is 7.03. The van der Waals surface area contributed by atoms with E-state index in [4.69, 9.17) is 10.5 Å². The van der Waals surface area contributed by atoms with E-state index in [9.17, 15) is 13.5 Å². The maximum atomic E-state index is 12.1. The van der Waals surface area contributed by atoms with Gasteiger partial charge in [0.2, 0.25) is 9.84 Å². The van der Waals surface area contributed by atoms with E-state index in [1.807, 2.05) is 0 Å². The maximum absolute atomic E-state index is 12.1. The Labute approximate surface area is 122 Å². The second-order valence-corrected chi connectivity index (χ2v) is 6.40. The molecule has 0 saturated carbocycles. The molecule has 2 aromatic carbocycles. The van der Waals surface area contributed by atoms with E-state index in [0.717, 1.165) is 5.41 Å². The molecular formula is C15H13NO4S. The molecular weight excluding hydrogens is 290 g/mol. The summed E-state index contributed by atoms with van der Waals surface area (Å²) in [4.78, 5) is 0.126. The van der Waals surface area contributed by atoms with Gasteiger partial charge in [-0.25, -0.2) is 8.42 Å². The van der Waals surface area contributed by atoms with Crippen molar-refractivity contribution in [3.8, 4) is 11.5 Å². The number of benzene rings is 2. The van der Waals surface area contributed by atoms with Gasteiger partial charge in [0.15, 0.2) is 11.5 Å². The number of ether oxygens (including phenoxy) is 1. The Kier molecular flexibility index (Phi) is 3.10. The number of sulfone groups is 1. The summed E-state index contributed by atoms with van der Waals surface area (Å²) in [5.74, 6) is 0.305. The number of phenolic OH excluding ortho intramolecular Hbond substituents is 1. The Bertz CT molecular complexity index is 841. The van der Waals surface area contributed by atoms with Gasteiger partial charge >= 0.3 is 0 Å². The van der Waals surface area contributed by atoms with E-state index in [-0.39, 0.29) is 22.9 Å². The topological polar surface area (TPSA) is 89.6 Å². The fourth-order valence-electron chi connectivity index (χ4n) is 2.28. The summed E-state index contributed by atoms with van der Waals surface area (Å²) in [6.45, 7) is 0.0350. The Morgan fingerprint density at radius 1 is 1.10 bits per heavy atom. The number of nitrogen functional groups attached to an aromatic ring is 1. The van der Waals surface area contributed by atoms with Gasteiger partial charge in [0.1, 0.15) is 11.5 Å². The van der Waals surface area contributed by atoms with E-state index < -0.39 is 9.84 Å². The van der Waals surface area contributed by atoms with Crippen molar-refractivity contribution >= 4 is 21.1 Å². The molecule has 0 radical (unpaired) electrons. The molecule has 0 aromatic heterocycles. The van der Waals surface area contributed by atoms with Crippen molar-refractivity contribution in [2.24, 2.45) is 0 Å².